The van der Waals surface area contributed by atoms with E-state index in [-0.39, 0.29) is 11.2 Å². The van der Waals surface area contributed by atoms with E-state index in [1.165, 1.54) is 17.2 Å². The highest BCUT2D eigenvalue weighted by Gasteiger charge is 2.14. The smallest absolute Gasteiger partial charge is 0.320 e. The van der Waals surface area contributed by atoms with Crippen molar-refractivity contribution in [3.8, 4) is 0 Å². The minimum Gasteiger partial charge on any atom is -0.320 e. The largest absolute Gasteiger partial charge is 0.332 e. The lowest BCUT2D eigenvalue weighted by atomic mass is 10.0. The maximum Gasteiger partial charge on any atom is 0.332 e. The molecule has 1 aromatic carbocycles. The molecule has 23 heavy (non-hydrogen) atoms. The molecular formula is C17H20N4O2. The van der Waals surface area contributed by atoms with Crippen molar-refractivity contribution in [1.29, 1.82) is 0 Å². The molecule has 0 unspecified atom stereocenters. The van der Waals surface area contributed by atoms with Crippen molar-refractivity contribution in [2.75, 3.05) is 0 Å². The average Bonchev–Trinajstić information content (AvgIpc) is 2.95. The van der Waals surface area contributed by atoms with Gasteiger partial charge in [0, 0.05) is 20.6 Å². The number of imidazole rings is 1. The molecule has 3 aromatic rings. The fourth-order valence-electron chi connectivity index (χ4n) is 2.72. The van der Waals surface area contributed by atoms with Crippen LogP contribution in [0.1, 0.15) is 30.9 Å². The van der Waals surface area contributed by atoms with E-state index in [9.17, 15) is 9.59 Å². The predicted molar refractivity (Wildman–Crippen MR) is 89.8 cm³/mol. The van der Waals surface area contributed by atoms with Crippen molar-refractivity contribution in [2.45, 2.75) is 26.3 Å². The summed E-state index contributed by atoms with van der Waals surface area (Å²) in [6.45, 7) is 4.85. The average molecular weight is 312 g/mol. The monoisotopic (exact) mass is 312 g/mol. The van der Waals surface area contributed by atoms with Crippen LogP contribution in [0.15, 0.2) is 40.2 Å². The first kappa shape index (κ1) is 15.3. The van der Waals surface area contributed by atoms with Gasteiger partial charge in [0.25, 0.3) is 5.56 Å². The molecule has 120 valence electrons. The van der Waals surface area contributed by atoms with Gasteiger partial charge < -0.3 is 4.57 Å². The predicted octanol–water partition coefficient (Wildman–Crippen LogP) is 1.61. The molecule has 0 N–H and O–H groups in total. The van der Waals surface area contributed by atoms with Gasteiger partial charge in [-0.25, -0.2) is 9.78 Å². The fraction of sp³-hybridized carbons (Fsp3) is 0.353. The number of nitrogens with zero attached hydrogens (tertiary/aromatic N) is 4. The highest BCUT2D eigenvalue weighted by atomic mass is 16.2. The number of rotatable bonds is 3. The molecule has 0 amide bonds. The summed E-state index contributed by atoms with van der Waals surface area (Å²) < 4.78 is 4.30. The molecule has 0 saturated heterocycles. The first-order valence-corrected chi connectivity index (χ1v) is 7.60. The SMILES string of the molecule is CC(C)c1ccc(Cn2cnc3c2c(=O)n(C)c(=O)n3C)cc1. The first-order chi connectivity index (χ1) is 10.9. The normalized spacial score (nSPS) is 11.5. The van der Waals surface area contributed by atoms with Gasteiger partial charge in [-0.2, -0.15) is 0 Å². The van der Waals surface area contributed by atoms with Gasteiger partial charge in [0.1, 0.15) is 0 Å². The van der Waals surface area contributed by atoms with Crippen LogP contribution in [0.25, 0.3) is 11.2 Å². The van der Waals surface area contributed by atoms with Crippen LogP contribution in [0.5, 0.6) is 0 Å². The maximum atomic E-state index is 12.4. The van der Waals surface area contributed by atoms with Crippen LogP contribution < -0.4 is 11.2 Å². The Morgan fingerprint density at radius 1 is 1.04 bits per heavy atom. The third kappa shape index (κ3) is 2.50. The number of hydrogen-bond donors (Lipinski definition) is 0. The van der Waals surface area contributed by atoms with E-state index < -0.39 is 0 Å². The summed E-state index contributed by atoms with van der Waals surface area (Å²) in [5.74, 6) is 0.486. The number of aromatic nitrogens is 4. The van der Waals surface area contributed by atoms with Gasteiger partial charge in [0.05, 0.1) is 6.33 Å². The van der Waals surface area contributed by atoms with E-state index >= 15 is 0 Å². The van der Waals surface area contributed by atoms with Crippen LogP contribution in [0.4, 0.5) is 0 Å². The van der Waals surface area contributed by atoms with Gasteiger partial charge in [-0.15, -0.1) is 0 Å². The van der Waals surface area contributed by atoms with Crippen molar-refractivity contribution in [3.05, 3.63) is 62.6 Å². The molecule has 0 bridgehead atoms. The van der Waals surface area contributed by atoms with E-state index in [0.29, 0.717) is 23.6 Å². The molecule has 0 aliphatic rings. The number of hydrogen-bond acceptors (Lipinski definition) is 3. The molecule has 0 radical (unpaired) electrons. The van der Waals surface area contributed by atoms with E-state index in [1.54, 1.807) is 17.9 Å². The molecule has 2 heterocycles. The molecule has 6 heteroatoms. The zero-order chi connectivity index (χ0) is 16.7. The molecule has 0 aliphatic heterocycles. The van der Waals surface area contributed by atoms with Gasteiger partial charge in [-0.1, -0.05) is 38.1 Å². The number of aryl methyl sites for hydroxylation is 1. The molecule has 2 aromatic heterocycles. The Morgan fingerprint density at radius 2 is 1.70 bits per heavy atom. The van der Waals surface area contributed by atoms with Crippen molar-refractivity contribution in [1.82, 2.24) is 18.7 Å². The Kier molecular flexibility index (Phi) is 3.67. The molecular weight excluding hydrogens is 292 g/mol. The molecule has 0 aliphatic carbocycles. The summed E-state index contributed by atoms with van der Waals surface area (Å²) >= 11 is 0. The summed E-state index contributed by atoms with van der Waals surface area (Å²) in [5.41, 5.74) is 2.54. The summed E-state index contributed by atoms with van der Waals surface area (Å²) in [7, 11) is 3.11. The summed E-state index contributed by atoms with van der Waals surface area (Å²) in [6.07, 6.45) is 1.61. The van der Waals surface area contributed by atoms with Crippen molar-refractivity contribution >= 4 is 11.2 Å². The van der Waals surface area contributed by atoms with E-state index in [1.807, 2.05) is 0 Å². The lowest BCUT2D eigenvalue weighted by molar-refractivity contribution is 0.702. The Hall–Kier alpha value is -2.63. The van der Waals surface area contributed by atoms with Crippen molar-refractivity contribution in [2.24, 2.45) is 14.1 Å². The number of fused-ring (bicyclic) bond motifs is 1. The second-order valence-corrected chi connectivity index (χ2v) is 6.15. The van der Waals surface area contributed by atoms with Crippen LogP contribution >= 0.6 is 0 Å². The van der Waals surface area contributed by atoms with E-state index in [2.05, 4.69) is 43.1 Å². The second kappa shape index (κ2) is 5.53. The van der Waals surface area contributed by atoms with Crippen LogP contribution in [-0.2, 0) is 20.6 Å². The third-order valence-electron chi connectivity index (χ3n) is 4.22. The lowest BCUT2D eigenvalue weighted by Gasteiger charge is -2.09. The molecule has 6 nitrogen and oxygen atoms in total. The summed E-state index contributed by atoms with van der Waals surface area (Å²) in [4.78, 5) is 28.6. The van der Waals surface area contributed by atoms with Crippen LogP contribution in [0, 0.1) is 0 Å². The van der Waals surface area contributed by atoms with Gasteiger partial charge >= 0.3 is 5.69 Å². The minimum atomic E-state index is -0.367. The number of benzene rings is 1. The van der Waals surface area contributed by atoms with E-state index in [0.717, 1.165) is 10.1 Å². The standard InChI is InChI=1S/C17H20N4O2/c1-11(2)13-7-5-12(6-8-13)9-21-10-18-15-14(21)16(22)20(4)17(23)19(15)3/h5-8,10-11H,9H2,1-4H3. The maximum absolute atomic E-state index is 12.4. The highest BCUT2D eigenvalue weighted by molar-refractivity contribution is 5.70. The topological polar surface area (TPSA) is 61.8 Å². The van der Waals surface area contributed by atoms with Crippen molar-refractivity contribution < 1.29 is 0 Å². The first-order valence-electron chi connectivity index (χ1n) is 7.60. The Labute approximate surface area is 133 Å². The van der Waals surface area contributed by atoms with Crippen molar-refractivity contribution in [3.63, 3.8) is 0 Å². The Morgan fingerprint density at radius 3 is 2.30 bits per heavy atom. The zero-order valence-corrected chi connectivity index (χ0v) is 13.8. The van der Waals surface area contributed by atoms with Crippen LogP contribution in [0.2, 0.25) is 0 Å². The molecule has 0 saturated carbocycles. The molecule has 0 atom stereocenters. The molecule has 0 fully saturated rings. The zero-order valence-electron chi connectivity index (χ0n) is 13.8. The molecule has 0 spiro atoms. The Balaban J connectivity index is 2.08. The second-order valence-electron chi connectivity index (χ2n) is 6.15. The summed E-state index contributed by atoms with van der Waals surface area (Å²) in [5, 5.41) is 0. The summed E-state index contributed by atoms with van der Waals surface area (Å²) in [6, 6.07) is 8.33. The quantitative estimate of drug-likeness (QED) is 0.738. The van der Waals surface area contributed by atoms with E-state index in [4.69, 9.17) is 0 Å². The molecule has 3 rings (SSSR count). The van der Waals surface area contributed by atoms with Crippen LogP contribution in [0.3, 0.4) is 0 Å². The van der Waals surface area contributed by atoms with Gasteiger partial charge in [0.2, 0.25) is 0 Å². The fourth-order valence-corrected chi connectivity index (χ4v) is 2.72. The lowest BCUT2D eigenvalue weighted by Crippen LogP contribution is -2.37. The van der Waals surface area contributed by atoms with Gasteiger partial charge in [-0.3, -0.25) is 13.9 Å². The Bertz CT molecular complexity index is 975. The third-order valence-corrected chi connectivity index (χ3v) is 4.22. The van der Waals surface area contributed by atoms with Crippen LogP contribution in [-0.4, -0.2) is 18.7 Å². The highest BCUT2D eigenvalue weighted by Crippen LogP contribution is 2.16. The van der Waals surface area contributed by atoms with Gasteiger partial charge in [-0.05, 0) is 17.0 Å². The minimum absolute atomic E-state index is 0.320. The van der Waals surface area contributed by atoms with Gasteiger partial charge in [0.15, 0.2) is 11.2 Å².